The molecule has 0 aliphatic heterocycles. The highest BCUT2D eigenvalue weighted by molar-refractivity contribution is 5.71. The molecule has 0 heterocycles. The zero-order valence-corrected chi connectivity index (χ0v) is 51.8. The van der Waals surface area contributed by atoms with Crippen LogP contribution >= 0.6 is 0 Å². The van der Waals surface area contributed by atoms with Gasteiger partial charge in [0.05, 0.1) is 0 Å². The fraction of sp³-hybridized carbons (Fsp3) is 0.635. The zero-order valence-electron chi connectivity index (χ0n) is 51.8. The van der Waals surface area contributed by atoms with E-state index < -0.39 is 6.10 Å². The van der Waals surface area contributed by atoms with Crippen molar-refractivity contribution in [3.05, 3.63) is 146 Å². The first-order chi connectivity index (χ1) is 39.5. The van der Waals surface area contributed by atoms with E-state index in [9.17, 15) is 14.4 Å². The van der Waals surface area contributed by atoms with Gasteiger partial charge in [0.15, 0.2) is 6.10 Å². The summed E-state index contributed by atoms with van der Waals surface area (Å²) in [5.74, 6) is -1.00. The molecule has 0 rings (SSSR count). The smallest absolute Gasteiger partial charge is 0.306 e. The number of allylic oxidation sites excluding steroid dienone is 24. The lowest BCUT2D eigenvalue weighted by Crippen LogP contribution is -2.30. The summed E-state index contributed by atoms with van der Waals surface area (Å²) in [5, 5.41) is 0. The second-order valence-corrected chi connectivity index (χ2v) is 21.3. The molecule has 0 aliphatic rings. The van der Waals surface area contributed by atoms with Crippen molar-refractivity contribution in [2.24, 2.45) is 0 Å². The Bertz CT molecular complexity index is 1750. The van der Waals surface area contributed by atoms with E-state index in [1.807, 2.05) is 0 Å². The van der Waals surface area contributed by atoms with Gasteiger partial charge >= 0.3 is 17.9 Å². The minimum absolute atomic E-state index is 0.117. The van der Waals surface area contributed by atoms with E-state index in [0.717, 1.165) is 128 Å². The van der Waals surface area contributed by atoms with Crippen LogP contribution < -0.4 is 0 Å². The van der Waals surface area contributed by atoms with Crippen molar-refractivity contribution in [3.8, 4) is 0 Å². The molecule has 0 radical (unpaired) electrons. The number of carbonyl (C=O) groups excluding carboxylic acids is 3. The first-order valence-corrected chi connectivity index (χ1v) is 32.8. The molecule has 0 aliphatic carbocycles. The standard InChI is InChI=1S/C74H120O6/c1-4-7-10-13-16-19-22-25-28-31-34-36-37-38-41-43-46-49-52-55-58-61-64-67-73(76)79-70-71(69-78-72(75)66-63-60-57-54-51-48-45-42-39-33-30-27-24-21-18-15-12-9-6-3)80-74(77)68-65-62-59-56-53-50-47-44-40-35-32-29-26-23-20-17-14-11-8-5-2/h7,9-10,12,16,18-19,21,25,27-28,30,34,36,38-39,41-42,46,48-49,51,55,58,71H,4-6,8,11,13-15,17,20,22-24,26,29,31-33,35,37,40,43-45,47,50,52-54,56-57,59-70H2,1-3H3/b10-7-,12-9-,19-16-,21-18-,28-25-,30-27-,36-34-,41-38-,42-39-,49-46-,51-48-,58-55-. The monoisotopic (exact) mass is 1100 g/mol. The number of hydrogen-bond acceptors (Lipinski definition) is 6. The fourth-order valence-electron chi connectivity index (χ4n) is 8.75. The Hall–Kier alpha value is -4.71. The Morgan fingerprint density at radius 3 is 0.812 bits per heavy atom. The molecule has 0 aromatic rings. The van der Waals surface area contributed by atoms with Crippen LogP contribution in [0.5, 0.6) is 0 Å². The van der Waals surface area contributed by atoms with E-state index in [-0.39, 0.29) is 37.5 Å². The van der Waals surface area contributed by atoms with E-state index >= 15 is 0 Å². The van der Waals surface area contributed by atoms with Gasteiger partial charge in [-0.3, -0.25) is 14.4 Å². The average Bonchev–Trinajstić information content (AvgIpc) is 3.46. The molecule has 6 nitrogen and oxygen atoms in total. The van der Waals surface area contributed by atoms with E-state index in [1.165, 1.54) is 109 Å². The fourth-order valence-corrected chi connectivity index (χ4v) is 8.75. The van der Waals surface area contributed by atoms with Crippen molar-refractivity contribution in [1.29, 1.82) is 0 Å². The van der Waals surface area contributed by atoms with Gasteiger partial charge < -0.3 is 14.2 Å². The van der Waals surface area contributed by atoms with Crippen molar-refractivity contribution in [2.45, 2.75) is 290 Å². The maximum Gasteiger partial charge on any atom is 0.306 e. The molecule has 1 unspecified atom stereocenters. The number of esters is 3. The van der Waals surface area contributed by atoms with Crippen LogP contribution in [0, 0.1) is 0 Å². The maximum absolute atomic E-state index is 12.9. The Morgan fingerprint density at radius 2 is 0.500 bits per heavy atom. The molecule has 0 spiro atoms. The van der Waals surface area contributed by atoms with Gasteiger partial charge in [-0.1, -0.05) is 295 Å². The molecule has 0 aromatic carbocycles. The lowest BCUT2D eigenvalue weighted by atomic mass is 10.0. The highest BCUT2D eigenvalue weighted by Gasteiger charge is 2.19. The number of carbonyl (C=O) groups is 3. The van der Waals surface area contributed by atoms with Crippen molar-refractivity contribution >= 4 is 17.9 Å². The average molecular weight is 1110 g/mol. The largest absolute Gasteiger partial charge is 0.462 e. The second kappa shape index (κ2) is 66.8. The van der Waals surface area contributed by atoms with E-state index in [1.54, 1.807) is 0 Å². The SMILES string of the molecule is CC/C=C\C/C=C\C/C=C\C/C=C\C/C=C\C/C=C\C/C=C\CCCC(=O)OCC(COC(=O)CCCCC/C=C\C/C=C\C/C=C\C/C=C\C/C=C\CC)OC(=O)CCCCCCCCCCCCCCCCCCCCCC. The molecule has 0 saturated carbocycles. The van der Waals surface area contributed by atoms with Crippen LogP contribution in [0.25, 0.3) is 0 Å². The molecule has 80 heavy (non-hydrogen) atoms. The summed E-state index contributed by atoms with van der Waals surface area (Å²) in [4.78, 5) is 38.4. The summed E-state index contributed by atoms with van der Waals surface area (Å²) >= 11 is 0. The van der Waals surface area contributed by atoms with Gasteiger partial charge in [-0.2, -0.15) is 0 Å². The topological polar surface area (TPSA) is 78.9 Å². The molecule has 0 N–H and O–H groups in total. The van der Waals surface area contributed by atoms with Crippen LogP contribution in [0.2, 0.25) is 0 Å². The Labute approximate surface area is 493 Å². The molecule has 0 aromatic heterocycles. The number of unbranched alkanes of at least 4 members (excludes halogenated alkanes) is 23. The van der Waals surface area contributed by atoms with Gasteiger partial charge in [0.1, 0.15) is 13.2 Å². The van der Waals surface area contributed by atoms with Crippen LogP contribution in [-0.2, 0) is 28.6 Å². The quantitative estimate of drug-likeness (QED) is 0.0261. The minimum Gasteiger partial charge on any atom is -0.462 e. The Balaban J connectivity index is 4.54. The lowest BCUT2D eigenvalue weighted by Gasteiger charge is -2.18. The molecule has 0 bridgehead atoms. The summed E-state index contributed by atoms with van der Waals surface area (Å²) in [5.41, 5.74) is 0. The van der Waals surface area contributed by atoms with Crippen LogP contribution in [0.15, 0.2) is 146 Å². The number of ether oxygens (including phenoxy) is 3. The molecule has 0 amide bonds. The molecule has 452 valence electrons. The van der Waals surface area contributed by atoms with E-state index in [4.69, 9.17) is 14.2 Å². The minimum atomic E-state index is -0.822. The molecular weight excluding hydrogens is 985 g/mol. The second-order valence-electron chi connectivity index (χ2n) is 21.3. The Morgan fingerprint density at radius 1 is 0.263 bits per heavy atom. The number of hydrogen-bond donors (Lipinski definition) is 0. The molecule has 0 fully saturated rings. The molecule has 1 atom stereocenters. The van der Waals surface area contributed by atoms with Gasteiger partial charge in [0.25, 0.3) is 0 Å². The third-order valence-corrected chi connectivity index (χ3v) is 13.6. The maximum atomic E-state index is 12.9. The van der Waals surface area contributed by atoms with Crippen LogP contribution in [0.1, 0.15) is 284 Å². The molecular formula is C74H120O6. The molecule has 6 heteroatoms. The van der Waals surface area contributed by atoms with E-state index in [0.29, 0.717) is 19.3 Å². The summed E-state index contributed by atoms with van der Waals surface area (Å²) in [6.45, 7) is 6.36. The first-order valence-electron chi connectivity index (χ1n) is 32.8. The predicted molar refractivity (Wildman–Crippen MR) is 348 cm³/mol. The summed E-state index contributed by atoms with van der Waals surface area (Å²) in [6.07, 6.45) is 95.7. The Kier molecular flexibility index (Phi) is 62.9. The van der Waals surface area contributed by atoms with Crippen LogP contribution in [0.3, 0.4) is 0 Å². The highest BCUT2D eigenvalue weighted by Crippen LogP contribution is 2.16. The summed E-state index contributed by atoms with van der Waals surface area (Å²) < 4.78 is 16.9. The van der Waals surface area contributed by atoms with Gasteiger partial charge in [-0.15, -0.1) is 0 Å². The van der Waals surface area contributed by atoms with Crippen molar-refractivity contribution in [2.75, 3.05) is 13.2 Å². The predicted octanol–water partition coefficient (Wildman–Crippen LogP) is 22.7. The van der Waals surface area contributed by atoms with Crippen molar-refractivity contribution in [3.63, 3.8) is 0 Å². The summed E-state index contributed by atoms with van der Waals surface area (Å²) in [6, 6.07) is 0. The summed E-state index contributed by atoms with van der Waals surface area (Å²) in [7, 11) is 0. The van der Waals surface area contributed by atoms with Crippen LogP contribution in [0.4, 0.5) is 0 Å². The number of rotatable bonds is 58. The van der Waals surface area contributed by atoms with E-state index in [2.05, 4.69) is 167 Å². The highest BCUT2D eigenvalue weighted by atomic mass is 16.6. The lowest BCUT2D eigenvalue weighted by molar-refractivity contribution is -0.167. The van der Waals surface area contributed by atoms with Gasteiger partial charge in [0.2, 0.25) is 0 Å². The van der Waals surface area contributed by atoms with Gasteiger partial charge in [-0.25, -0.2) is 0 Å². The van der Waals surface area contributed by atoms with Gasteiger partial charge in [-0.05, 0) is 116 Å². The normalized spacial score (nSPS) is 13.1. The van der Waals surface area contributed by atoms with Crippen LogP contribution in [-0.4, -0.2) is 37.2 Å². The van der Waals surface area contributed by atoms with Crippen molar-refractivity contribution < 1.29 is 28.6 Å². The molecule has 0 saturated heterocycles. The third kappa shape index (κ3) is 64.1. The zero-order chi connectivity index (χ0) is 57.8. The van der Waals surface area contributed by atoms with Gasteiger partial charge in [0, 0.05) is 19.3 Å². The third-order valence-electron chi connectivity index (χ3n) is 13.6. The van der Waals surface area contributed by atoms with Crippen molar-refractivity contribution in [1.82, 2.24) is 0 Å². The first kappa shape index (κ1) is 75.3.